The van der Waals surface area contributed by atoms with Gasteiger partial charge in [-0.25, -0.2) is 4.79 Å². The predicted octanol–water partition coefficient (Wildman–Crippen LogP) is 6.59. The van der Waals surface area contributed by atoms with Crippen molar-refractivity contribution in [3.8, 4) is 5.75 Å². The van der Waals surface area contributed by atoms with Gasteiger partial charge < -0.3 is 36.2 Å². The SMILES string of the molecule is CCO[Si](CCCN(CCC[Si](OCC)(OCC)OCC)c1ccc(OC(=O)c2ccccc2)cc1)(OCC)OCC. The smallest absolute Gasteiger partial charge is 0.423 e. The highest BCUT2D eigenvalue weighted by Crippen LogP contribution is 2.25. The molecule has 0 saturated carbocycles. The molecule has 2 aromatic carbocycles. The van der Waals surface area contributed by atoms with E-state index in [9.17, 15) is 4.79 Å². The molecule has 9 nitrogen and oxygen atoms in total. The van der Waals surface area contributed by atoms with Crippen LogP contribution in [0, 0.1) is 0 Å². The van der Waals surface area contributed by atoms with Crippen LogP contribution in [0.5, 0.6) is 5.75 Å². The average molecular weight is 622 g/mol. The third kappa shape index (κ3) is 11.9. The molecule has 0 aliphatic rings. The lowest BCUT2D eigenvalue weighted by molar-refractivity contribution is 0.0705. The standard InChI is InChI=1S/C31H51NO8Si2/c1-7-34-41(35-8-2,36-9-3)26-16-24-32(25-17-27-42(37-10-4,38-11-5)39-12-6)29-20-22-30(23-21-29)40-31(33)28-18-14-13-15-19-28/h13-15,18-23H,7-12,16-17,24-27H2,1-6H3. The monoisotopic (exact) mass is 621 g/mol. The second-order valence-electron chi connectivity index (χ2n) is 9.41. The van der Waals surface area contributed by atoms with Crippen molar-refractivity contribution in [1.82, 2.24) is 0 Å². The van der Waals surface area contributed by atoms with Crippen LogP contribution < -0.4 is 9.64 Å². The summed E-state index contributed by atoms with van der Waals surface area (Å²) < 4.78 is 42.1. The number of hydrogen-bond acceptors (Lipinski definition) is 9. The van der Waals surface area contributed by atoms with E-state index in [1.165, 1.54) is 0 Å². The molecule has 0 unspecified atom stereocenters. The summed E-state index contributed by atoms with van der Waals surface area (Å²) in [7, 11) is -5.51. The number of nitrogens with zero attached hydrogens (tertiary/aromatic N) is 1. The number of benzene rings is 2. The largest absolute Gasteiger partial charge is 0.500 e. The van der Waals surface area contributed by atoms with E-state index in [0.29, 0.717) is 51.0 Å². The third-order valence-electron chi connectivity index (χ3n) is 6.43. The first-order valence-corrected chi connectivity index (χ1v) is 19.2. The van der Waals surface area contributed by atoms with E-state index in [1.54, 1.807) is 12.1 Å². The molecule has 0 radical (unpaired) electrons. The normalized spacial score (nSPS) is 12.0. The van der Waals surface area contributed by atoms with Crippen LogP contribution in [0.2, 0.25) is 12.1 Å². The molecular formula is C31H51NO8Si2. The van der Waals surface area contributed by atoms with E-state index in [-0.39, 0.29) is 5.97 Å². The van der Waals surface area contributed by atoms with Gasteiger partial charge in [0.15, 0.2) is 0 Å². The molecule has 0 spiro atoms. The molecule has 2 rings (SSSR count). The van der Waals surface area contributed by atoms with Gasteiger partial charge in [-0.05, 0) is 90.8 Å². The highest BCUT2D eigenvalue weighted by Gasteiger charge is 2.41. The van der Waals surface area contributed by atoms with Crippen molar-refractivity contribution >= 4 is 29.3 Å². The zero-order valence-electron chi connectivity index (χ0n) is 26.4. The number of ether oxygens (including phenoxy) is 1. The maximum atomic E-state index is 12.5. The van der Waals surface area contributed by atoms with Crippen molar-refractivity contribution < 1.29 is 36.1 Å². The summed E-state index contributed by atoms with van der Waals surface area (Å²) in [4.78, 5) is 14.9. The Bertz CT molecular complexity index is 930. The summed E-state index contributed by atoms with van der Waals surface area (Å²) in [6.45, 7) is 16.7. The molecule has 0 bridgehead atoms. The van der Waals surface area contributed by atoms with Gasteiger partial charge in [0.05, 0.1) is 5.56 Å². The summed E-state index contributed by atoms with van der Waals surface area (Å²) in [5.41, 5.74) is 1.54. The van der Waals surface area contributed by atoms with E-state index in [4.69, 9.17) is 31.3 Å². The quantitative estimate of drug-likeness (QED) is 0.0775. The lowest BCUT2D eigenvalue weighted by atomic mass is 10.2. The second kappa shape index (κ2) is 20.0. The Morgan fingerprint density at radius 1 is 0.595 bits per heavy atom. The molecule has 0 fully saturated rings. The van der Waals surface area contributed by atoms with Crippen LogP contribution in [0.25, 0.3) is 0 Å². The van der Waals surface area contributed by atoms with Crippen LogP contribution in [0.4, 0.5) is 5.69 Å². The summed E-state index contributed by atoms with van der Waals surface area (Å²) in [5.74, 6) is 0.117. The zero-order chi connectivity index (χ0) is 30.7. The van der Waals surface area contributed by atoms with Gasteiger partial charge in [-0.2, -0.15) is 0 Å². The molecule has 0 amide bonds. The van der Waals surface area contributed by atoms with Gasteiger partial charge >= 0.3 is 23.6 Å². The molecule has 11 heteroatoms. The lowest BCUT2D eigenvalue weighted by Gasteiger charge is -2.32. The van der Waals surface area contributed by atoms with E-state index >= 15 is 0 Å². The van der Waals surface area contributed by atoms with E-state index in [1.807, 2.05) is 84.0 Å². The average Bonchev–Trinajstić information content (AvgIpc) is 2.98. The number of carbonyl (C=O) groups is 1. The molecular weight excluding hydrogens is 571 g/mol. The lowest BCUT2D eigenvalue weighted by Crippen LogP contribution is -2.47. The first-order chi connectivity index (χ1) is 20.4. The number of rotatable bonds is 23. The van der Waals surface area contributed by atoms with Crippen molar-refractivity contribution in [2.24, 2.45) is 0 Å². The first-order valence-electron chi connectivity index (χ1n) is 15.4. The Morgan fingerprint density at radius 2 is 1.00 bits per heavy atom. The minimum absolute atomic E-state index is 0.381. The molecule has 2 aromatic rings. The molecule has 0 aromatic heterocycles. The molecule has 236 valence electrons. The van der Waals surface area contributed by atoms with E-state index in [2.05, 4.69) is 4.90 Å². The zero-order valence-corrected chi connectivity index (χ0v) is 28.4. The van der Waals surface area contributed by atoms with Gasteiger partial charge in [-0.1, -0.05) is 18.2 Å². The molecule has 0 saturated heterocycles. The predicted molar refractivity (Wildman–Crippen MR) is 170 cm³/mol. The highest BCUT2D eigenvalue weighted by molar-refractivity contribution is 6.61. The van der Waals surface area contributed by atoms with Crippen LogP contribution in [-0.2, 0) is 26.6 Å². The summed E-state index contributed by atoms with van der Waals surface area (Å²) in [5, 5.41) is 0. The number of anilines is 1. The summed E-state index contributed by atoms with van der Waals surface area (Å²) >= 11 is 0. The maximum absolute atomic E-state index is 12.5. The van der Waals surface area contributed by atoms with Gasteiger partial charge in [-0.15, -0.1) is 0 Å². The van der Waals surface area contributed by atoms with Crippen molar-refractivity contribution in [3.63, 3.8) is 0 Å². The van der Waals surface area contributed by atoms with Crippen molar-refractivity contribution in [2.45, 2.75) is 66.5 Å². The molecule has 0 heterocycles. The first kappa shape index (κ1) is 36.1. The van der Waals surface area contributed by atoms with Crippen LogP contribution in [-0.4, -0.2) is 76.3 Å². The topological polar surface area (TPSA) is 84.9 Å². The summed E-state index contributed by atoms with van der Waals surface area (Å²) in [6, 6.07) is 18.1. The Morgan fingerprint density at radius 3 is 1.38 bits per heavy atom. The Hall–Kier alpha value is -2.10. The molecule has 42 heavy (non-hydrogen) atoms. The highest BCUT2D eigenvalue weighted by atomic mass is 28.4. The van der Waals surface area contributed by atoms with Gasteiger partial charge in [-0.3, -0.25) is 0 Å². The minimum atomic E-state index is -2.75. The Balaban J connectivity index is 2.18. The maximum Gasteiger partial charge on any atom is 0.500 e. The molecule has 0 atom stereocenters. The Kier molecular flexibility index (Phi) is 17.2. The van der Waals surface area contributed by atoms with Crippen LogP contribution in [0.15, 0.2) is 54.6 Å². The van der Waals surface area contributed by atoms with Crippen LogP contribution in [0.1, 0.15) is 64.7 Å². The van der Waals surface area contributed by atoms with Gasteiger partial charge in [0.25, 0.3) is 0 Å². The number of esters is 1. The fourth-order valence-electron chi connectivity index (χ4n) is 4.81. The van der Waals surface area contributed by atoms with Gasteiger partial charge in [0, 0.05) is 70.5 Å². The fraction of sp³-hybridized carbons (Fsp3) is 0.581. The minimum Gasteiger partial charge on any atom is -0.423 e. The van der Waals surface area contributed by atoms with Crippen LogP contribution >= 0.6 is 0 Å². The third-order valence-corrected chi connectivity index (χ3v) is 12.7. The van der Waals surface area contributed by atoms with Crippen LogP contribution in [0.3, 0.4) is 0 Å². The van der Waals surface area contributed by atoms with E-state index < -0.39 is 17.6 Å². The fourth-order valence-corrected chi connectivity index (χ4v) is 10.00. The number of hydrogen-bond donors (Lipinski definition) is 0. The summed E-state index contributed by atoms with van der Waals surface area (Å²) in [6.07, 6.45) is 1.67. The van der Waals surface area contributed by atoms with Gasteiger partial charge in [0.1, 0.15) is 5.75 Å². The molecule has 0 N–H and O–H groups in total. The van der Waals surface area contributed by atoms with Crippen molar-refractivity contribution in [1.29, 1.82) is 0 Å². The number of carbonyl (C=O) groups excluding carboxylic acids is 1. The Labute approximate surface area is 255 Å². The second-order valence-corrected chi connectivity index (χ2v) is 14.9. The molecule has 0 aliphatic heterocycles. The van der Waals surface area contributed by atoms with E-state index in [0.717, 1.165) is 43.7 Å². The van der Waals surface area contributed by atoms with Crippen molar-refractivity contribution in [3.05, 3.63) is 60.2 Å². The van der Waals surface area contributed by atoms with Crippen molar-refractivity contribution in [2.75, 3.05) is 57.6 Å². The van der Waals surface area contributed by atoms with Gasteiger partial charge in [0.2, 0.25) is 0 Å². The molecule has 0 aliphatic carbocycles.